The van der Waals surface area contributed by atoms with Crippen molar-refractivity contribution in [3.05, 3.63) is 58.9 Å². The number of nitrogens with one attached hydrogen (secondary N) is 2. The van der Waals surface area contributed by atoms with Gasteiger partial charge in [0.25, 0.3) is 10.2 Å². The molecule has 0 unspecified atom stereocenters. The number of likely N-dealkylation sites (N-methyl/N-ethyl adjacent to an activating group) is 1. The van der Waals surface area contributed by atoms with Crippen LogP contribution in [-0.2, 0) is 15.0 Å². The third kappa shape index (κ3) is 6.64. The lowest BCUT2D eigenvalue weighted by molar-refractivity contribution is -0.120. The molecule has 1 amide bonds. The van der Waals surface area contributed by atoms with Gasteiger partial charge in [0.15, 0.2) is 0 Å². The minimum absolute atomic E-state index is 0.139. The number of anilines is 1. The Morgan fingerprint density at radius 1 is 1.30 bits per heavy atom. The second-order valence-corrected chi connectivity index (χ2v) is 10.3. The van der Waals surface area contributed by atoms with Gasteiger partial charge in [-0.1, -0.05) is 23.7 Å². The lowest BCUT2D eigenvalue weighted by Gasteiger charge is -2.36. The van der Waals surface area contributed by atoms with E-state index in [1.54, 1.807) is 18.2 Å². The number of amides is 1. The van der Waals surface area contributed by atoms with Crippen LogP contribution in [0.1, 0.15) is 24.4 Å². The fourth-order valence-corrected chi connectivity index (χ4v) is 4.97. The number of benzene rings is 2. The predicted molar refractivity (Wildman–Crippen MR) is 126 cm³/mol. The Hall–Kier alpha value is -2.24. The van der Waals surface area contributed by atoms with Crippen LogP contribution >= 0.6 is 11.6 Å². The zero-order valence-corrected chi connectivity index (χ0v) is 20.3. The maximum Gasteiger partial charge on any atom is 0.280 e. The number of hydrogen-bond acceptors (Lipinski definition) is 5. The molecule has 0 saturated carbocycles. The Labute approximate surface area is 198 Å². The van der Waals surface area contributed by atoms with Crippen molar-refractivity contribution in [2.45, 2.75) is 24.9 Å². The first-order valence-corrected chi connectivity index (χ1v) is 12.3. The van der Waals surface area contributed by atoms with E-state index in [9.17, 15) is 17.6 Å². The highest BCUT2D eigenvalue weighted by Gasteiger charge is 2.40. The zero-order valence-electron chi connectivity index (χ0n) is 18.7. The van der Waals surface area contributed by atoms with Gasteiger partial charge < -0.3 is 15.0 Å². The summed E-state index contributed by atoms with van der Waals surface area (Å²) in [4.78, 5) is 15.0. The van der Waals surface area contributed by atoms with E-state index in [0.717, 1.165) is 23.3 Å². The fraction of sp³-hybridized carbons (Fsp3) is 0.409. The number of hydrogen-bond donors (Lipinski definition) is 2. The average Bonchev–Trinajstić information content (AvgIpc) is 2.75. The Balaban J connectivity index is 1.74. The minimum atomic E-state index is -3.91. The molecule has 3 rings (SSSR count). The molecule has 11 heteroatoms. The van der Waals surface area contributed by atoms with E-state index in [-0.39, 0.29) is 17.1 Å². The first-order valence-electron chi connectivity index (χ1n) is 10.5. The number of ether oxygens (including phenoxy) is 1. The van der Waals surface area contributed by atoms with Gasteiger partial charge in [-0.15, -0.1) is 0 Å². The molecule has 8 nitrogen and oxygen atoms in total. The molecular formula is C22H28ClFN4O4S. The minimum Gasteiger partial charge on any atom is -0.494 e. The highest BCUT2D eigenvalue weighted by molar-refractivity contribution is 7.87. The first-order chi connectivity index (χ1) is 15.6. The lowest BCUT2D eigenvalue weighted by Crippen LogP contribution is -2.55. The van der Waals surface area contributed by atoms with Crippen molar-refractivity contribution < 1.29 is 22.3 Å². The fourth-order valence-electron chi connectivity index (χ4n) is 3.52. The smallest absolute Gasteiger partial charge is 0.280 e. The van der Waals surface area contributed by atoms with Crippen LogP contribution in [0.5, 0.6) is 5.75 Å². The normalized spacial score (nSPS) is 20.5. The summed E-state index contributed by atoms with van der Waals surface area (Å²) in [6, 6.07) is 9.35. The summed E-state index contributed by atoms with van der Waals surface area (Å²) >= 11 is 5.78. The largest absolute Gasteiger partial charge is 0.494 e. The van der Waals surface area contributed by atoms with E-state index < -0.39 is 34.0 Å². The highest BCUT2D eigenvalue weighted by Crippen LogP contribution is 2.30. The molecule has 2 aromatic carbocycles. The molecule has 0 aromatic heterocycles. The SMILES string of the molecule is CN(C)CCCOc1cccc([C@@H]2C[C@H](C(=O)Nc3ccc(F)c(Cl)c3)N(C)S(=O)(=O)N2)c1. The average molecular weight is 499 g/mol. The molecule has 2 N–H and O–H groups in total. The van der Waals surface area contributed by atoms with Crippen LogP contribution in [0, 0.1) is 5.82 Å². The maximum absolute atomic E-state index is 13.4. The summed E-state index contributed by atoms with van der Waals surface area (Å²) in [5.74, 6) is -0.516. The van der Waals surface area contributed by atoms with E-state index in [1.165, 1.54) is 19.2 Å². The molecule has 1 aliphatic rings. The van der Waals surface area contributed by atoms with Gasteiger partial charge >= 0.3 is 0 Å². The van der Waals surface area contributed by atoms with Crippen molar-refractivity contribution in [2.75, 3.05) is 39.6 Å². The van der Waals surface area contributed by atoms with Crippen molar-refractivity contribution >= 4 is 33.4 Å². The number of nitrogens with zero attached hydrogens (tertiary/aromatic N) is 2. The number of rotatable bonds is 8. The van der Waals surface area contributed by atoms with Crippen LogP contribution in [0.3, 0.4) is 0 Å². The quantitative estimate of drug-likeness (QED) is 0.546. The third-order valence-electron chi connectivity index (χ3n) is 5.34. The standard InChI is InChI=1S/C22H28ClFN4O4S/c1-27(2)10-5-11-32-17-7-4-6-15(12-17)20-14-21(28(3)33(30,31)26-20)22(29)25-16-8-9-19(24)18(23)13-16/h4,6-9,12-13,20-21,26H,5,10-11,14H2,1-3H3,(H,25,29)/t20-,21+/m0/s1. The molecule has 1 saturated heterocycles. The second-order valence-electron chi connectivity index (χ2n) is 8.14. The van der Waals surface area contributed by atoms with Crippen LogP contribution in [0.15, 0.2) is 42.5 Å². The third-order valence-corrected chi connectivity index (χ3v) is 7.22. The molecule has 1 heterocycles. The molecule has 180 valence electrons. The summed E-state index contributed by atoms with van der Waals surface area (Å²) in [6.07, 6.45) is 1.05. The van der Waals surface area contributed by atoms with Crippen LogP contribution in [-0.4, -0.2) is 63.9 Å². The molecule has 0 bridgehead atoms. The lowest BCUT2D eigenvalue weighted by atomic mass is 9.99. The Morgan fingerprint density at radius 2 is 2.06 bits per heavy atom. The molecule has 0 aliphatic carbocycles. The van der Waals surface area contributed by atoms with Gasteiger partial charge in [0, 0.05) is 19.3 Å². The topological polar surface area (TPSA) is 91.0 Å². The summed E-state index contributed by atoms with van der Waals surface area (Å²) in [7, 11) is 1.41. The monoisotopic (exact) mass is 498 g/mol. The number of carbonyl (C=O) groups excluding carboxylic acids is 1. The van der Waals surface area contributed by atoms with E-state index in [2.05, 4.69) is 14.9 Å². The Morgan fingerprint density at radius 3 is 2.76 bits per heavy atom. The zero-order chi connectivity index (χ0) is 24.2. The van der Waals surface area contributed by atoms with Crippen molar-refractivity contribution in [2.24, 2.45) is 0 Å². The van der Waals surface area contributed by atoms with Gasteiger partial charge in [0.05, 0.1) is 17.7 Å². The van der Waals surface area contributed by atoms with E-state index in [4.69, 9.17) is 16.3 Å². The van der Waals surface area contributed by atoms with Crippen molar-refractivity contribution in [3.8, 4) is 5.75 Å². The maximum atomic E-state index is 13.4. The van der Waals surface area contributed by atoms with E-state index in [1.807, 2.05) is 20.2 Å². The van der Waals surface area contributed by atoms with Gasteiger partial charge in [-0.3, -0.25) is 4.79 Å². The molecule has 2 aromatic rings. The van der Waals surface area contributed by atoms with Gasteiger partial charge in [-0.05, 0) is 62.8 Å². The molecule has 0 radical (unpaired) electrons. The van der Waals surface area contributed by atoms with Gasteiger partial charge in [0.2, 0.25) is 5.91 Å². The molecule has 2 atom stereocenters. The second kappa shape index (κ2) is 10.8. The summed E-state index contributed by atoms with van der Waals surface area (Å²) in [5.41, 5.74) is 0.972. The molecule has 33 heavy (non-hydrogen) atoms. The summed E-state index contributed by atoms with van der Waals surface area (Å²) in [6.45, 7) is 1.43. The summed E-state index contributed by atoms with van der Waals surface area (Å²) < 4.78 is 48.3. The van der Waals surface area contributed by atoms with Gasteiger partial charge in [0.1, 0.15) is 17.6 Å². The van der Waals surface area contributed by atoms with Crippen LogP contribution in [0.2, 0.25) is 5.02 Å². The van der Waals surface area contributed by atoms with E-state index >= 15 is 0 Å². The molecule has 1 fully saturated rings. The Bertz CT molecular complexity index is 1100. The molecule has 1 aliphatic heterocycles. The van der Waals surface area contributed by atoms with Crippen molar-refractivity contribution in [1.29, 1.82) is 0 Å². The predicted octanol–water partition coefficient (Wildman–Crippen LogP) is 3.03. The van der Waals surface area contributed by atoms with Crippen molar-refractivity contribution in [3.63, 3.8) is 0 Å². The first kappa shape index (κ1) is 25.4. The van der Waals surface area contributed by atoms with Crippen LogP contribution in [0.4, 0.5) is 10.1 Å². The molecule has 0 spiro atoms. The molecular weight excluding hydrogens is 471 g/mol. The van der Waals surface area contributed by atoms with Crippen molar-refractivity contribution in [1.82, 2.24) is 13.9 Å². The highest BCUT2D eigenvalue weighted by atomic mass is 35.5. The summed E-state index contributed by atoms with van der Waals surface area (Å²) in [5, 5.41) is 2.48. The van der Waals surface area contributed by atoms with E-state index in [0.29, 0.717) is 17.9 Å². The number of halogens is 2. The van der Waals surface area contributed by atoms with Gasteiger partial charge in [-0.25, -0.2) is 4.39 Å². The number of carbonyl (C=O) groups is 1. The van der Waals surface area contributed by atoms with Crippen LogP contribution < -0.4 is 14.8 Å². The van der Waals surface area contributed by atoms with Crippen LogP contribution in [0.25, 0.3) is 0 Å². The van der Waals surface area contributed by atoms with Gasteiger partial charge in [-0.2, -0.15) is 17.4 Å². The Kier molecular flexibility index (Phi) is 8.30.